The first-order chi connectivity index (χ1) is 12.4. The first-order valence-electron chi connectivity index (χ1n) is 9.08. The Balaban J connectivity index is 1.64. The Hall–Kier alpha value is -1.80. The molecule has 0 radical (unpaired) electrons. The molecule has 0 aromatic heterocycles. The van der Waals surface area contributed by atoms with Crippen molar-refractivity contribution in [1.82, 2.24) is 9.62 Å². The molecule has 2 atom stereocenters. The van der Waals surface area contributed by atoms with Crippen LogP contribution in [0.25, 0.3) is 0 Å². The number of rotatable bonds is 5. The fourth-order valence-electron chi connectivity index (χ4n) is 3.34. The minimum absolute atomic E-state index is 0.0644. The molecule has 2 heterocycles. The molecule has 2 aliphatic heterocycles. The zero-order valence-electron chi connectivity index (χ0n) is 15.2. The van der Waals surface area contributed by atoms with Crippen molar-refractivity contribution in [2.24, 2.45) is 5.92 Å². The van der Waals surface area contributed by atoms with Crippen molar-refractivity contribution in [3.8, 4) is 11.5 Å². The maximum atomic E-state index is 12.6. The highest BCUT2D eigenvalue weighted by molar-refractivity contribution is 7.89. The number of benzene rings is 1. The monoisotopic (exact) mass is 382 g/mol. The number of ether oxygens (including phenoxy) is 2. The summed E-state index contributed by atoms with van der Waals surface area (Å²) in [6.45, 7) is 5.35. The van der Waals surface area contributed by atoms with Crippen LogP contribution >= 0.6 is 0 Å². The number of hydrogen-bond donors (Lipinski definition) is 1. The van der Waals surface area contributed by atoms with E-state index in [2.05, 4.69) is 5.32 Å². The van der Waals surface area contributed by atoms with Crippen LogP contribution in [0.3, 0.4) is 0 Å². The molecule has 1 aromatic carbocycles. The van der Waals surface area contributed by atoms with Crippen LogP contribution in [-0.2, 0) is 14.8 Å². The molecule has 1 aromatic rings. The van der Waals surface area contributed by atoms with Crippen molar-refractivity contribution in [1.29, 1.82) is 0 Å². The molecule has 0 bridgehead atoms. The van der Waals surface area contributed by atoms with Gasteiger partial charge in [-0.05, 0) is 44.4 Å². The molecule has 0 unspecified atom stereocenters. The van der Waals surface area contributed by atoms with E-state index in [0.717, 1.165) is 5.56 Å². The van der Waals surface area contributed by atoms with Crippen molar-refractivity contribution in [3.05, 3.63) is 23.8 Å². The lowest BCUT2D eigenvalue weighted by molar-refractivity contribution is -0.126. The third-order valence-electron chi connectivity index (χ3n) is 4.94. The molecule has 2 aliphatic rings. The Morgan fingerprint density at radius 3 is 2.77 bits per heavy atom. The van der Waals surface area contributed by atoms with Crippen LogP contribution in [0.2, 0.25) is 0 Å². The van der Waals surface area contributed by atoms with Gasteiger partial charge in [-0.1, -0.05) is 6.07 Å². The average Bonchev–Trinajstić information content (AvgIpc) is 2.67. The summed E-state index contributed by atoms with van der Waals surface area (Å²) in [6.07, 6.45) is 1.41. The number of nitrogens with one attached hydrogen (secondary N) is 1. The number of fused-ring (bicyclic) bond motifs is 1. The van der Waals surface area contributed by atoms with Crippen LogP contribution in [0.4, 0.5) is 0 Å². The Kier molecular flexibility index (Phi) is 5.72. The van der Waals surface area contributed by atoms with Crippen LogP contribution < -0.4 is 14.8 Å². The maximum absolute atomic E-state index is 12.6. The number of carbonyl (C=O) groups excluding carboxylic acids is 1. The largest absolute Gasteiger partial charge is 0.486 e. The number of hydrogen-bond acceptors (Lipinski definition) is 5. The van der Waals surface area contributed by atoms with Crippen molar-refractivity contribution in [2.45, 2.75) is 32.7 Å². The molecule has 3 rings (SSSR count). The average molecular weight is 382 g/mol. The quantitative estimate of drug-likeness (QED) is 0.838. The third kappa shape index (κ3) is 4.12. The Morgan fingerprint density at radius 1 is 1.31 bits per heavy atom. The molecule has 0 saturated carbocycles. The van der Waals surface area contributed by atoms with Gasteiger partial charge in [-0.2, -0.15) is 0 Å². The summed E-state index contributed by atoms with van der Waals surface area (Å²) < 4.78 is 36.7. The molecule has 1 amide bonds. The topological polar surface area (TPSA) is 84.9 Å². The fraction of sp³-hybridized carbons (Fsp3) is 0.611. The van der Waals surface area contributed by atoms with E-state index in [-0.39, 0.29) is 30.2 Å². The predicted octanol–water partition coefficient (Wildman–Crippen LogP) is 1.70. The highest BCUT2D eigenvalue weighted by Gasteiger charge is 2.32. The minimum atomic E-state index is -3.26. The van der Waals surface area contributed by atoms with Gasteiger partial charge in [0.25, 0.3) is 0 Å². The van der Waals surface area contributed by atoms with Crippen molar-refractivity contribution < 1.29 is 22.7 Å². The molecule has 26 heavy (non-hydrogen) atoms. The summed E-state index contributed by atoms with van der Waals surface area (Å²) in [7, 11) is -3.26. The number of piperidine rings is 1. The van der Waals surface area contributed by atoms with Crippen LogP contribution in [0.15, 0.2) is 18.2 Å². The summed E-state index contributed by atoms with van der Waals surface area (Å²) in [6, 6.07) is 5.45. The Morgan fingerprint density at radius 2 is 2.04 bits per heavy atom. The van der Waals surface area contributed by atoms with Gasteiger partial charge in [0, 0.05) is 13.1 Å². The van der Waals surface area contributed by atoms with Gasteiger partial charge in [-0.15, -0.1) is 0 Å². The molecular formula is C18H26N2O5S. The maximum Gasteiger partial charge on any atom is 0.224 e. The number of nitrogens with zero attached hydrogens (tertiary/aromatic N) is 1. The molecule has 0 spiro atoms. The van der Waals surface area contributed by atoms with E-state index in [1.165, 1.54) is 4.31 Å². The fourth-order valence-corrected chi connectivity index (χ4v) is 4.51. The van der Waals surface area contributed by atoms with Gasteiger partial charge in [-0.3, -0.25) is 4.79 Å². The van der Waals surface area contributed by atoms with Crippen molar-refractivity contribution in [2.75, 3.05) is 32.1 Å². The normalized spacial score (nSPS) is 21.8. The van der Waals surface area contributed by atoms with Gasteiger partial charge in [-0.25, -0.2) is 12.7 Å². The Labute approximate surface area is 154 Å². The lowest BCUT2D eigenvalue weighted by Crippen LogP contribution is -2.46. The summed E-state index contributed by atoms with van der Waals surface area (Å²) >= 11 is 0. The van der Waals surface area contributed by atoms with E-state index < -0.39 is 10.0 Å². The van der Waals surface area contributed by atoms with Gasteiger partial charge in [0.05, 0.1) is 17.7 Å². The molecule has 1 saturated heterocycles. The molecule has 144 valence electrons. The highest BCUT2D eigenvalue weighted by Crippen LogP contribution is 2.32. The van der Waals surface area contributed by atoms with E-state index in [1.807, 2.05) is 25.1 Å². The third-order valence-corrected chi connectivity index (χ3v) is 6.79. The summed E-state index contributed by atoms with van der Waals surface area (Å²) in [5.41, 5.74) is 0.927. The van der Waals surface area contributed by atoms with Gasteiger partial charge >= 0.3 is 0 Å². The molecule has 0 aliphatic carbocycles. The second-order valence-electron chi connectivity index (χ2n) is 6.73. The van der Waals surface area contributed by atoms with Gasteiger partial charge < -0.3 is 14.8 Å². The molecular weight excluding hydrogens is 356 g/mol. The molecule has 1 fully saturated rings. The number of carbonyl (C=O) groups is 1. The minimum Gasteiger partial charge on any atom is -0.486 e. The van der Waals surface area contributed by atoms with Crippen LogP contribution in [-0.4, -0.2) is 50.7 Å². The number of amides is 1. The summed E-state index contributed by atoms with van der Waals surface area (Å²) in [5, 5.41) is 3.01. The second-order valence-corrected chi connectivity index (χ2v) is 8.99. The zero-order valence-corrected chi connectivity index (χ0v) is 16.0. The van der Waals surface area contributed by atoms with Crippen molar-refractivity contribution in [3.63, 3.8) is 0 Å². The van der Waals surface area contributed by atoms with Crippen LogP contribution in [0, 0.1) is 5.92 Å². The van der Waals surface area contributed by atoms with E-state index in [0.29, 0.717) is 44.1 Å². The lowest BCUT2D eigenvalue weighted by Gasteiger charge is -2.31. The second kappa shape index (κ2) is 7.84. The predicted molar refractivity (Wildman–Crippen MR) is 97.7 cm³/mol. The van der Waals surface area contributed by atoms with Gasteiger partial charge in [0.15, 0.2) is 11.5 Å². The SMILES string of the molecule is CCS(=O)(=O)N1CCC[C@@H](C(=O)N[C@@H](C)c2ccc3c(c2)OCCO3)C1. The van der Waals surface area contributed by atoms with E-state index in [9.17, 15) is 13.2 Å². The number of sulfonamides is 1. The van der Waals surface area contributed by atoms with E-state index >= 15 is 0 Å². The molecule has 7 nitrogen and oxygen atoms in total. The zero-order chi connectivity index (χ0) is 18.7. The van der Waals surface area contributed by atoms with E-state index in [4.69, 9.17) is 9.47 Å². The van der Waals surface area contributed by atoms with Crippen molar-refractivity contribution >= 4 is 15.9 Å². The van der Waals surface area contributed by atoms with Crippen LogP contribution in [0.5, 0.6) is 11.5 Å². The van der Waals surface area contributed by atoms with Gasteiger partial charge in [0.2, 0.25) is 15.9 Å². The molecule has 1 N–H and O–H groups in total. The first-order valence-corrected chi connectivity index (χ1v) is 10.7. The van der Waals surface area contributed by atoms with E-state index in [1.54, 1.807) is 6.92 Å². The summed E-state index contributed by atoms with van der Waals surface area (Å²) in [5.74, 6) is 1.04. The molecule has 8 heteroatoms. The first kappa shape index (κ1) is 19.0. The Bertz CT molecular complexity index is 765. The van der Waals surface area contributed by atoms with Gasteiger partial charge in [0.1, 0.15) is 13.2 Å². The highest BCUT2D eigenvalue weighted by atomic mass is 32.2. The lowest BCUT2D eigenvalue weighted by atomic mass is 9.97. The standard InChI is InChI=1S/C18H26N2O5S/c1-3-26(22,23)20-8-4-5-15(12-20)18(21)19-13(2)14-6-7-16-17(11-14)25-10-9-24-16/h6-7,11,13,15H,3-5,8-10,12H2,1-2H3,(H,19,21)/t13-,15+/m0/s1. The summed E-state index contributed by atoms with van der Waals surface area (Å²) in [4.78, 5) is 12.6. The van der Waals surface area contributed by atoms with Crippen LogP contribution in [0.1, 0.15) is 38.3 Å². The smallest absolute Gasteiger partial charge is 0.224 e.